The summed E-state index contributed by atoms with van der Waals surface area (Å²) in [5, 5.41) is 9.01. The van der Waals surface area contributed by atoms with Crippen LogP contribution in [0.25, 0.3) is 0 Å². The van der Waals surface area contributed by atoms with Crippen LogP contribution in [0, 0.1) is 0 Å². The number of benzene rings is 2. The van der Waals surface area contributed by atoms with Gasteiger partial charge in [0.05, 0.1) is 25.6 Å². The van der Waals surface area contributed by atoms with Gasteiger partial charge in [0.2, 0.25) is 0 Å². The highest BCUT2D eigenvalue weighted by Crippen LogP contribution is 2.28. The van der Waals surface area contributed by atoms with Crippen LogP contribution in [-0.4, -0.2) is 37.1 Å². The Balaban J connectivity index is 1.51. The number of hydrogen-bond acceptors (Lipinski definition) is 7. The van der Waals surface area contributed by atoms with Crippen LogP contribution in [0.2, 0.25) is 0 Å². The van der Waals surface area contributed by atoms with Gasteiger partial charge in [0.1, 0.15) is 5.76 Å². The number of ether oxygens (including phenoxy) is 2. The van der Waals surface area contributed by atoms with E-state index in [0.717, 1.165) is 6.42 Å². The quantitative estimate of drug-likeness (QED) is 0.214. The summed E-state index contributed by atoms with van der Waals surface area (Å²) in [5.41, 5.74) is 4.62. The van der Waals surface area contributed by atoms with Crippen LogP contribution >= 0.6 is 0 Å². The van der Waals surface area contributed by atoms with Crippen molar-refractivity contribution in [2.45, 2.75) is 26.8 Å². The van der Waals surface area contributed by atoms with E-state index < -0.39 is 11.8 Å². The molecule has 0 aliphatic heterocycles. The smallest absolute Gasteiger partial charge is 0.329 e. The fourth-order valence-corrected chi connectivity index (χ4v) is 3.03. The SMILES string of the molecule is CCOc1cc(/C=N\NC(=O)C(=O)NCc2ccco2)ccc1OCC(=O)Nc1ccc(CC)cc1. The second-order valence-corrected chi connectivity index (χ2v) is 7.49. The normalized spacial score (nSPS) is 10.6. The van der Waals surface area contributed by atoms with Gasteiger partial charge < -0.3 is 24.5 Å². The van der Waals surface area contributed by atoms with Crippen LogP contribution in [0.4, 0.5) is 5.69 Å². The Bertz CT molecular complexity index is 1190. The summed E-state index contributed by atoms with van der Waals surface area (Å²) in [6.07, 6.45) is 3.75. The summed E-state index contributed by atoms with van der Waals surface area (Å²) >= 11 is 0. The maximum Gasteiger partial charge on any atom is 0.329 e. The lowest BCUT2D eigenvalue weighted by Crippen LogP contribution is -2.37. The van der Waals surface area contributed by atoms with Gasteiger partial charge in [0.25, 0.3) is 5.91 Å². The zero-order valence-electron chi connectivity index (χ0n) is 20.1. The van der Waals surface area contributed by atoms with Crippen molar-refractivity contribution >= 4 is 29.6 Å². The van der Waals surface area contributed by atoms with Gasteiger partial charge in [-0.25, -0.2) is 5.43 Å². The number of amides is 3. The highest BCUT2D eigenvalue weighted by atomic mass is 16.5. The van der Waals surface area contributed by atoms with Crippen molar-refractivity contribution in [2.24, 2.45) is 5.10 Å². The second kappa shape index (κ2) is 13.3. The molecule has 0 aliphatic rings. The van der Waals surface area contributed by atoms with E-state index in [0.29, 0.717) is 35.1 Å². The molecular formula is C26H28N4O6. The summed E-state index contributed by atoms with van der Waals surface area (Å²) in [5.74, 6) is -0.759. The van der Waals surface area contributed by atoms with E-state index in [1.165, 1.54) is 18.0 Å². The predicted octanol–water partition coefficient (Wildman–Crippen LogP) is 3.02. The fraction of sp³-hybridized carbons (Fsp3) is 0.231. The monoisotopic (exact) mass is 492 g/mol. The molecule has 10 nitrogen and oxygen atoms in total. The number of nitrogens with zero attached hydrogens (tertiary/aromatic N) is 1. The minimum absolute atomic E-state index is 0.0886. The molecule has 0 radical (unpaired) electrons. The van der Waals surface area contributed by atoms with Crippen molar-refractivity contribution < 1.29 is 28.3 Å². The minimum Gasteiger partial charge on any atom is -0.490 e. The van der Waals surface area contributed by atoms with Gasteiger partial charge in [-0.05, 0) is 66.9 Å². The summed E-state index contributed by atoms with van der Waals surface area (Å²) in [7, 11) is 0. The van der Waals surface area contributed by atoms with Crippen molar-refractivity contribution in [1.29, 1.82) is 0 Å². The van der Waals surface area contributed by atoms with Crippen molar-refractivity contribution in [3.8, 4) is 11.5 Å². The van der Waals surface area contributed by atoms with E-state index in [1.807, 2.05) is 31.2 Å². The molecule has 0 atom stereocenters. The van der Waals surface area contributed by atoms with E-state index in [-0.39, 0.29) is 19.1 Å². The number of hydrogen-bond donors (Lipinski definition) is 3. The van der Waals surface area contributed by atoms with Crippen LogP contribution in [0.3, 0.4) is 0 Å². The van der Waals surface area contributed by atoms with Crippen LogP contribution in [0.5, 0.6) is 11.5 Å². The molecule has 36 heavy (non-hydrogen) atoms. The number of rotatable bonds is 11. The number of aryl methyl sites for hydroxylation is 1. The molecule has 1 aromatic heterocycles. The molecule has 0 fully saturated rings. The van der Waals surface area contributed by atoms with E-state index in [9.17, 15) is 14.4 Å². The predicted molar refractivity (Wildman–Crippen MR) is 134 cm³/mol. The lowest BCUT2D eigenvalue weighted by molar-refractivity contribution is -0.139. The van der Waals surface area contributed by atoms with Gasteiger partial charge in [0.15, 0.2) is 18.1 Å². The van der Waals surface area contributed by atoms with E-state index in [1.54, 1.807) is 30.3 Å². The van der Waals surface area contributed by atoms with Gasteiger partial charge in [-0.1, -0.05) is 19.1 Å². The van der Waals surface area contributed by atoms with Crippen LogP contribution < -0.4 is 25.5 Å². The Morgan fingerprint density at radius 1 is 0.972 bits per heavy atom. The van der Waals surface area contributed by atoms with E-state index in [4.69, 9.17) is 13.9 Å². The maximum atomic E-state index is 12.3. The summed E-state index contributed by atoms with van der Waals surface area (Å²) in [4.78, 5) is 36.0. The second-order valence-electron chi connectivity index (χ2n) is 7.49. The first-order valence-electron chi connectivity index (χ1n) is 11.4. The number of carbonyl (C=O) groups excluding carboxylic acids is 3. The molecule has 1 heterocycles. The number of furan rings is 1. The molecule has 10 heteroatoms. The van der Waals surface area contributed by atoms with Crippen LogP contribution in [-0.2, 0) is 27.3 Å². The molecule has 3 N–H and O–H groups in total. The van der Waals surface area contributed by atoms with Gasteiger partial charge in [-0.2, -0.15) is 5.10 Å². The molecule has 3 amide bonds. The summed E-state index contributed by atoms with van der Waals surface area (Å²) < 4.78 is 16.3. The molecule has 2 aromatic carbocycles. The molecule has 0 bridgehead atoms. The minimum atomic E-state index is -0.918. The van der Waals surface area contributed by atoms with Gasteiger partial charge >= 0.3 is 11.8 Å². The third-order valence-corrected chi connectivity index (χ3v) is 4.86. The third-order valence-electron chi connectivity index (χ3n) is 4.86. The number of carbonyl (C=O) groups is 3. The Hall–Kier alpha value is -4.60. The number of nitrogens with one attached hydrogen (secondary N) is 3. The molecule has 0 unspecified atom stereocenters. The molecule has 0 saturated carbocycles. The zero-order valence-corrected chi connectivity index (χ0v) is 20.1. The van der Waals surface area contributed by atoms with Crippen molar-refractivity contribution in [2.75, 3.05) is 18.5 Å². The molecule has 3 aromatic rings. The van der Waals surface area contributed by atoms with Crippen LogP contribution in [0.15, 0.2) is 70.4 Å². The first-order valence-corrected chi connectivity index (χ1v) is 11.4. The summed E-state index contributed by atoms with van der Waals surface area (Å²) in [6, 6.07) is 15.9. The fourth-order valence-electron chi connectivity index (χ4n) is 3.03. The molecule has 0 saturated heterocycles. The van der Waals surface area contributed by atoms with Gasteiger partial charge in [-0.15, -0.1) is 0 Å². The average Bonchev–Trinajstić information content (AvgIpc) is 3.41. The Kier molecular flexibility index (Phi) is 9.63. The standard InChI is InChI=1S/C26H28N4O6/c1-3-18-7-10-20(11-8-18)29-24(31)17-36-22-12-9-19(14-23(22)34-4-2)15-28-30-26(33)25(32)27-16-21-6-5-13-35-21/h5-15H,3-4,16-17H2,1-2H3,(H,27,32)(H,29,31)(H,30,33)/b28-15-. The van der Waals surface area contributed by atoms with Crippen molar-refractivity contribution in [1.82, 2.24) is 10.7 Å². The first kappa shape index (κ1) is 26.0. The topological polar surface area (TPSA) is 131 Å². The Labute approximate surface area is 208 Å². The maximum absolute atomic E-state index is 12.3. The first-order chi connectivity index (χ1) is 17.5. The van der Waals surface area contributed by atoms with Crippen molar-refractivity contribution in [3.63, 3.8) is 0 Å². The van der Waals surface area contributed by atoms with Gasteiger partial charge in [-0.3, -0.25) is 14.4 Å². The highest BCUT2D eigenvalue weighted by molar-refractivity contribution is 6.35. The van der Waals surface area contributed by atoms with Gasteiger partial charge in [0, 0.05) is 5.69 Å². The van der Waals surface area contributed by atoms with E-state index >= 15 is 0 Å². The van der Waals surface area contributed by atoms with Crippen molar-refractivity contribution in [3.05, 3.63) is 77.7 Å². The zero-order chi connectivity index (χ0) is 25.8. The molecule has 0 spiro atoms. The number of hydrazone groups is 1. The lowest BCUT2D eigenvalue weighted by atomic mass is 10.1. The van der Waals surface area contributed by atoms with Crippen LogP contribution in [0.1, 0.15) is 30.7 Å². The van der Waals surface area contributed by atoms with E-state index in [2.05, 4.69) is 28.1 Å². The highest BCUT2D eigenvalue weighted by Gasteiger charge is 2.13. The lowest BCUT2D eigenvalue weighted by Gasteiger charge is -2.13. The molecule has 3 rings (SSSR count). The Morgan fingerprint density at radius 3 is 2.47 bits per heavy atom. The molecular weight excluding hydrogens is 464 g/mol. The molecule has 188 valence electrons. The average molecular weight is 493 g/mol. The molecule has 0 aliphatic carbocycles. The third kappa shape index (κ3) is 8.01. The summed E-state index contributed by atoms with van der Waals surface area (Å²) in [6.45, 7) is 4.14. The largest absolute Gasteiger partial charge is 0.490 e. The number of anilines is 1. The Morgan fingerprint density at radius 2 is 1.78 bits per heavy atom.